The number of ether oxygens (including phenoxy) is 1. The molecule has 16 heavy (non-hydrogen) atoms. The molecule has 2 nitrogen and oxygen atoms in total. The molecular weight excluding hydrogens is 313 g/mol. The number of benzene rings is 1. The van der Waals surface area contributed by atoms with Gasteiger partial charge in [-0.25, -0.2) is 0 Å². The lowest BCUT2D eigenvalue weighted by atomic mass is 10.2. The minimum absolute atomic E-state index is 0.467. The second-order valence-corrected chi connectivity index (χ2v) is 5.24. The molecule has 0 aromatic heterocycles. The normalized spacial score (nSPS) is 13.1. The van der Waals surface area contributed by atoms with E-state index in [-0.39, 0.29) is 0 Å². The van der Waals surface area contributed by atoms with Crippen molar-refractivity contribution in [2.75, 3.05) is 20.3 Å². The van der Waals surface area contributed by atoms with E-state index in [0.717, 1.165) is 19.7 Å². The quantitative estimate of drug-likeness (QED) is 0.742. The van der Waals surface area contributed by atoms with Crippen LogP contribution in [0.4, 0.5) is 0 Å². The standard InChI is InChI=1S/C13H20INO/c1-4-15(11(2)10-16-3)9-12-5-7-13(14)8-6-12/h5-8,11H,4,9-10H2,1-3H3. The van der Waals surface area contributed by atoms with E-state index in [4.69, 9.17) is 4.74 Å². The van der Waals surface area contributed by atoms with E-state index >= 15 is 0 Å². The summed E-state index contributed by atoms with van der Waals surface area (Å²) in [6, 6.07) is 9.18. The molecule has 3 heteroatoms. The van der Waals surface area contributed by atoms with Crippen molar-refractivity contribution in [3.05, 3.63) is 33.4 Å². The van der Waals surface area contributed by atoms with Crippen molar-refractivity contribution in [3.8, 4) is 0 Å². The Hall–Kier alpha value is -0.130. The fourth-order valence-electron chi connectivity index (χ4n) is 1.75. The van der Waals surface area contributed by atoms with Gasteiger partial charge >= 0.3 is 0 Å². The topological polar surface area (TPSA) is 12.5 Å². The molecule has 1 rings (SSSR count). The van der Waals surface area contributed by atoms with Crippen molar-refractivity contribution in [1.82, 2.24) is 4.90 Å². The van der Waals surface area contributed by atoms with Crippen LogP contribution in [0.5, 0.6) is 0 Å². The zero-order chi connectivity index (χ0) is 12.0. The molecule has 90 valence electrons. The van der Waals surface area contributed by atoms with E-state index in [0.29, 0.717) is 6.04 Å². The Kier molecular flexibility index (Phi) is 6.31. The third kappa shape index (κ3) is 4.39. The lowest BCUT2D eigenvalue weighted by Crippen LogP contribution is -2.35. The van der Waals surface area contributed by atoms with Crippen molar-refractivity contribution in [1.29, 1.82) is 0 Å². The summed E-state index contributed by atoms with van der Waals surface area (Å²) >= 11 is 2.33. The first kappa shape index (κ1) is 13.9. The summed E-state index contributed by atoms with van der Waals surface area (Å²) in [5.74, 6) is 0. The molecule has 0 aliphatic heterocycles. The van der Waals surface area contributed by atoms with Gasteiger partial charge in [-0.1, -0.05) is 19.1 Å². The summed E-state index contributed by atoms with van der Waals surface area (Å²) in [6.07, 6.45) is 0. The highest BCUT2D eigenvalue weighted by Crippen LogP contribution is 2.11. The molecule has 0 radical (unpaired) electrons. The van der Waals surface area contributed by atoms with Crippen molar-refractivity contribution in [2.24, 2.45) is 0 Å². The van der Waals surface area contributed by atoms with Crippen LogP contribution in [0.1, 0.15) is 19.4 Å². The predicted octanol–water partition coefficient (Wildman–Crippen LogP) is 3.15. The number of rotatable bonds is 6. The molecule has 1 aromatic carbocycles. The molecular formula is C13H20INO. The first-order valence-corrected chi connectivity index (χ1v) is 6.72. The summed E-state index contributed by atoms with van der Waals surface area (Å²) in [6.45, 7) is 7.24. The lowest BCUT2D eigenvalue weighted by Gasteiger charge is -2.27. The zero-order valence-corrected chi connectivity index (χ0v) is 12.4. The van der Waals surface area contributed by atoms with Crippen LogP contribution in [0.2, 0.25) is 0 Å². The predicted molar refractivity (Wildman–Crippen MR) is 76.6 cm³/mol. The van der Waals surface area contributed by atoms with Gasteiger partial charge in [0.25, 0.3) is 0 Å². The third-order valence-corrected chi connectivity index (χ3v) is 3.46. The monoisotopic (exact) mass is 333 g/mol. The van der Waals surface area contributed by atoms with E-state index in [1.54, 1.807) is 7.11 Å². The van der Waals surface area contributed by atoms with Crippen LogP contribution < -0.4 is 0 Å². The molecule has 0 N–H and O–H groups in total. The molecule has 1 atom stereocenters. The highest BCUT2D eigenvalue weighted by molar-refractivity contribution is 14.1. The van der Waals surface area contributed by atoms with Gasteiger partial charge < -0.3 is 4.74 Å². The van der Waals surface area contributed by atoms with Crippen molar-refractivity contribution >= 4 is 22.6 Å². The van der Waals surface area contributed by atoms with Crippen LogP contribution >= 0.6 is 22.6 Å². The molecule has 0 heterocycles. The third-order valence-electron chi connectivity index (χ3n) is 2.74. The van der Waals surface area contributed by atoms with Gasteiger partial charge in [0.05, 0.1) is 6.61 Å². The van der Waals surface area contributed by atoms with E-state index in [2.05, 4.69) is 65.6 Å². The second-order valence-electron chi connectivity index (χ2n) is 3.99. The molecule has 0 aliphatic carbocycles. The maximum absolute atomic E-state index is 5.20. The number of hydrogen-bond acceptors (Lipinski definition) is 2. The Balaban J connectivity index is 2.59. The maximum atomic E-state index is 5.20. The van der Waals surface area contributed by atoms with Crippen molar-refractivity contribution in [3.63, 3.8) is 0 Å². The van der Waals surface area contributed by atoms with Gasteiger partial charge in [-0.3, -0.25) is 4.90 Å². The molecule has 0 aliphatic rings. The molecule has 1 unspecified atom stereocenters. The second kappa shape index (κ2) is 7.25. The lowest BCUT2D eigenvalue weighted by molar-refractivity contribution is 0.0982. The summed E-state index contributed by atoms with van der Waals surface area (Å²) in [7, 11) is 1.76. The van der Waals surface area contributed by atoms with Gasteiger partial charge in [-0.2, -0.15) is 0 Å². The minimum atomic E-state index is 0.467. The highest BCUT2D eigenvalue weighted by atomic mass is 127. The molecule has 0 fully saturated rings. The van der Waals surface area contributed by atoms with E-state index in [1.807, 2.05) is 0 Å². The van der Waals surface area contributed by atoms with Crippen molar-refractivity contribution in [2.45, 2.75) is 26.4 Å². The fraction of sp³-hybridized carbons (Fsp3) is 0.538. The van der Waals surface area contributed by atoms with E-state index in [1.165, 1.54) is 9.13 Å². The van der Waals surface area contributed by atoms with Crippen LogP contribution in [0, 0.1) is 3.57 Å². The molecule has 0 bridgehead atoms. The highest BCUT2D eigenvalue weighted by Gasteiger charge is 2.11. The van der Waals surface area contributed by atoms with Crippen LogP contribution in [0.15, 0.2) is 24.3 Å². The van der Waals surface area contributed by atoms with Gasteiger partial charge in [0, 0.05) is 23.3 Å². The van der Waals surface area contributed by atoms with Gasteiger partial charge in [0.15, 0.2) is 0 Å². The van der Waals surface area contributed by atoms with E-state index < -0.39 is 0 Å². The average Bonchev–Trinajstić information content (AvgIpc) is 2.28. The van der Waals surface area contributed by atoms with Gasteiger partial charge in [0.2, 0.25) is 0 Å². The number of nitrogens with zero attached hydrogens (tertiary/aromatic N) is 1. The first-order chi connectivity index (χ1) is 7.67. The molecule has 0 amide bonds. The first-order valence-electron chi connectivity index (χ1n) is 5.64. The van der Waals surface area contributed by atoms with Crippen molar-refractivity contribution < 1.29 is 4.74 Å². The Labute approximate surface area is 112 Å². The SMILES string of the molecule is CCN(Cc1ccc(I)cc1)C(C)COC. The smallest absolute Gasteiger partial charge is 0.0615 e. The van der Waals surface area contributed by atoms with Crippen LogP contribution in [-0.2, 0) is 11.3 Å². The number of methoxy groups -OCH3 is 1. The van der Waals surface area contributed by atoms with Crippen LogP contribution in [0.3, 0.4) is 0 Å². The van der Waals surface area contributed by atoms with Gasteiger partial charge in [0.1, 0.15) is 0 Å². The maximum Gasteiger partial charge on any atom is 0.0615 e. The largest absolute Gasteiger partial charge is 0.383 e. The van der Waals surface area contributed by atoms with Gasteiger partial charge in [-0.05, 0) is 53.8 Å². The summed E-state index contributed by atoms with van der Waals surface area (Å²) in [4.78, 5) is 2.42. The number of hydrogen-bond donors (Lipinski definition) is 0. The Morgan fingerprint density at radius 1 is 1.31 bits per heavy atom. The molecule has 0 saturated carbocycles. The molecule has 0 spiro atoms. The summed E-state index contributed by atoms with van der Waals surface area (Å²) in [5.41, 5.74) is 1.37. The molecule has 0 saturated heterocycles. The summed E-state index contributed by atoms with van der Waals surface area (Å²) in [5, 5.41) is 0. The fourth-order valence-corrected chi connectivity index (χ4v) is 2.11. The minimum Gasteiger partial charge on any atom is -0.383 e. The number of halogens is 1. The van der Waals surface area contributed by atoms with Gasteiger partial charge in [-0.15, -0.1) is 0 Å². The average molecular weight is 333 g/mol. The molecule has 1 aromatic rings. The summed E-state index contributed by atoms with van der Waals surface area (Å²) < 4.78 is 6.49. The Morgan fingerprint density at radius 3 is 2.44 bits per heavy atom. The zero-order valence-electron chi connectivity index (χ0n) is 10.2. The van der Waals surface area contributed by atoms with E-state index in [9.17, 15) is 0 Å². The Morgan fingerprint density at radius 2 is 1.94 bits per heavy atom. The van der Waals surface area contributed by atoms with Crippen LogP contribution in [-0.4, -0.2) is 31.2 Å². The Bertz CT molecular complexity index is 299. The number of likely N-dealkylation sites (N-methyl/N-ethyl adjacent to an activating group) is 1. The van der Waals surface area contributed by atoms with Crippen LogP contribution in [0.25, 0.3) is 0 Å².